The molecule has 0 aromatic carbocycles. The Labute approximate surface area is 134 Å². The molecule has 0 amide bonds. The van der Waals surface area contributed by atoms with Crippen LogP contribution in [0.1, 0.15) is 72.0 Å². The predicted molar refractivity (Wildman–Crippen MR) is 93.5 cm³/mol. The van der Waals surface area contributed by atoms with Gasteiger partial charge in [0.05, 0.1) is 10.7 Å². The summed E-state index contributed by atoms with van der Waals surface area (Å²) in [5.41, 5.74) is 4.66. The van der Waals surface area contributed by atoms with Crippen molar-refractivity contribution in [3.63, 3.8) is 0 Å². The van der Waals surface area contributed by atoms with Gasteiger partial charge in [0.1, 0.15) is 0 Å². The number of rotatable bonds is 6. The van der Waals surface area contributed by atoms with Gasteiger partial charge in [-0.3, -0.25) is 11.3 Å². The Balaban J connectivity index is 2.60. The second kappa shape index (κ2) is 7.21. The molecule has 1 rings (SSSR count). The van der Waals surface area contributed by atoms with E-state index in [1.54, 1.807) is 11.3 Å². The number of hydrazine groups is 1. The summed E-state index contributed by atoms with van der Waals surface area (Å²) in [6.45, 7) is 15.8. The summed E-state index contributed by atoms with van der Waals surface area (Å²) >= 11 is 1.75. The monoisotopic (exact) mass is 311 g/mol. The first-order valence-corrected chi connectivity index (χ1v) is 8.80. The fourth-order valence-electron chi connectivity index (χ4n) is 2.78. The van der Waals surface area contributed by atoms with Crippen LogP contribution in [0, 0.1) is 11.3 Å². The molecule has 0 fully saturated rings. The van der Waals surface area contributed by atoms with Crippen LogP contribution < -0.4 is 11.3 Å². The van der Waals surface area contributed by atoms with Crippen LogP contribution in [0.15, 0.2) is 5.38 Å². The van der Waals surface area contributed by atoms with Crippen molar-refractivity contribution in [2.24, 2.45) is 17.2 Å². The van der Waals surface area contributed by atoms with E-state index in [9.17, 15) is 0 Å². The zero-order chi connectivity index (χ0) is 16.3. The van der Waals surface area contributed by atoms with Gasteiger partial charge in [-0.05, 0) is 24.2 Å². The number of nitrogens with two attached hydrogens (primary N) is 1. The Hall–Kier alpha value is -0.450. The van der Waals surface area contributed by atoms with Gasteiger partial charge in [-0.2, -0.15) is 0 Å². The smallest absolute Gasteiger partial charge is 0.0944 e. The molecule has 0 radical (unpaired) electrons. The van der Waals surface area contributed by atoms with Crippen LogP contribution in [-0.4, -0.2) is 11.0 Å². The van der Waals surface area contributed by atoms with E-state index in [1.165, 1.54) is 17.1 Å². The molecular weight excluding hydrogens is 278 g/mol. The van der Waals surface area contributed by atoms with E-state index >= 15 is 0 Å². The quantitative estimate of drug-likeness (QED) is 0.609. The van der Waals surface area contributed by atoms with Gasteiger partial charge >= 0.3 is 0 Å². The number of nitrogens with one attached hydrogen (secondary N) is 1. The third-order valence-electron chi connectivity index (χ3n) is 3.62. The summed E-state index contributed by atoms with van der Waals surface area (Å²) in [6.07, 6.45) is 3.24. The molecule has 0 spiro atoms. The maximum atomic E-state index is 5.75. The number of hydrogen-bond donors (Lipinski definition) is 2. The molecule has 3 N–H and O–H groups in total. The van der Waals surface area contributed by atoms with Crippen molar-refractivity contribution in [3.8, 4) is 0 Å². The Kier molecular flexibility index (Phi) is 6.38. The topological polar surface area (TPSA) is 50.9 Å². The van der Waals surface area contributed by atoms with E-state index in [4.69, 9.17) is 10.8 Å². The zero-order valence-electron chi connectivity index (χ0n) is 14.8. The zero-order valence-corrected chi connectivity index (χ0v) is 15.6. The maximum absolute atomic E-state index is 5.75. The molecule has 4 heteroatoms. The number of thiazole rings is 1. The standard InChI is InChI=1S/C17H33N3S/c1-12(10-16(2,3)4)8-13(20-18)9-15-19-14(11-21-15)17(5,6)7/h11-13,20H,8-10,18H2,1-7H3. The van der Waals surface area contributed by atoms with Crippen molar-refractivity contribution in [2.45, 2.75) is 79.2 Å². The van der Waals surface area contributed by atoms with Gasteiger partial charge in [0.2, 0.25) is 0 Å². The average molecular weight is 312 g/mol. The van der Waals surface area contributed by atoms with Crippen LogP contribution in [0.5, 0.6) is 0 Å². The van der Waals surface area contributed by atoms with Crippen molar-refractivity contribution in [1.82, 2.24) is 10.4 Å². The Morgan fingerprint density at radius 2 is 1.86 bits per heavy atom. The summed E-state index contributed by atoms with van der Waals surface area (Å²) in [6, 6.07) is 0.307. The SMILES string of the molecule is CC(CC(Cc1nc(C(C)(C)C)cs1)NN)CC(C)(C)C. The molecule has 0 aliphatic heterocycles. The van der Waals surface area contributed by atoms with Crippen molar-refractivity contribution >= 4 is 11.3 Å². The number of nitrogens with zero attached hydrogens (tertiary/aromatic N) is 1. The first-order chi connectivity index (χ1) is 9.51. The molecule has 0 saturated carbocycles. The molecule has 1 aromatic rings. The highest BCUT2D eigenvalue weighted by molar-refractivity contribution is 7.09. The van der Waals surface area contributed by atoms with Gasteiger partial charge in [-0.15, -0.1) is 11.3 Å². The Morgan fingerprint density at radius 3 is 2.29 bits per heavy atom. The molecule has 0 saturated heterocycles. The van der Waals surface area contributed by atoms with Gasteiger partial charge in [0, 0.05) is 23.3 Å². The molecule has 2 unspecified atom stereocenters. The normalized spacial score (nSPS) is 16.0. The summed E-state index contributed by atoms with van der Waals surface area (Å²) < 4.78 is 0. The molecule has 0 aliphatic carbocycles. The molecule has 2 atom stereocenters. The van der Waals surface area contributed by atoms with Crippen molar-refractivity contribution in [1.29, 1.82) is 0 Å². The summed E-state index contributed by atoms with van der Waals surface area (Å²) in [4.78, 5) is 4.77. The Morgan fingerprint density at radius 1 is 1.24 bits per heavy atom. The molecule has 1 heterocycles. The van der Waals surface area contributed by atoms with E-state index in [0.29, 0.717) is 17.4 Å². The van der Waals surface area contributed by atoms with Gasteiger partial charge in [-0.25, -0.2) is 4.98 Å². The highest BCUT2D eigenvalue weighted by Gasteiger charge is 2.21. The predicted octanol–water partition coefficient (Wildman–Crippen LogP) is 4.28. The molecular formula is C17H33N3S. The maximum Gasteiger partial charge on any atom is 0.0944 e. The van der Waals surface area contributed by atoms with Crippen LogP contribution in [0.25, 0.3) is 0 Å². The lowest BCUT2D eigenvalue weighted by Gasteiger charge is -2.26. The lowest BCUT2D eigenvalue weighted by atomic mass is 9.82. The summed E-state index contributed by atoms with van der Waals surface area (Å²) in [5, 5.41) is 3.37. The molecule has 21 heavy (non-hydrogen) atoms. The first-order valence-electron chi connectivity index (χ1n) is 7.92. The first kappa shape index (κ1) is 18.6. The van der Waals surface area contributed by atoms with Crippen LogP contribution in [0.2, 0.25) is 0 Å². The summed E-state index contributed by atoms with van der Waals surface area (Å²) in [7, 11) is 0. The number of hydrogen-bond acceptors (Lipinski definition) is 4. The largest absolute Gasteiger partial charge is 0.271 e. The van der Waals surface area contributed by atoms with E-state index < -0.39 is 0 Å². The average Bonchev–Trinajstić information content (AvgIpc) is 2.73. The third kappa shape index (κ3) is 6.90. The fraction of sp³-hybridized carbons (Fsp3) is 0.824. The highest BCUT2D eigenvalue weighted by Crippen LogP contribution is 2.28. The molecule has 0 bridgehead atoms. The minimum absolute atomic E-state index is 0.125. The van der Waals surface area contributed by atoms with Crippen LogP contribution in [0.3, 0.4) is 0 Å². The van der Waals surface area contributed by atoms with Crippen LogP contribution in [0.4, 0.5) is 0 Å². The minimum Gasteiger partial charge on any atom is -0.271 e. The van der Waals surface area contributed by atoms with E-state index in [1.807, 2.05) is 0 Å². The Bertz CT molecular complexity index is 426. The number of aromatic nitrogens is 1. The minimum atomic E-state index is 0.125. The second-order valence-corrected chi connectivity index (χ2v) is 9.49. The molecule has 122 valence electrons. The molecule has 3 nitrogen and oxygen atoms in total. The van der Waals surface area contributed by atoms with Crippen LogP contribution >= 0.6 is 11.3 Å². The molecule has 1 aromatic heterocycles. The van der Waals surface area contributed by atoms with E-state index in [-0.39, 0.29) is 5.41 Å². The van der Waals surface area contributed by atoms with Crippen molar-refractivity contribution in [3.05, 3.63) is 16.1 Å². The lowest BCUT2D eigenvalue weighted by molar-refractivity contribution is 0.274. The van der Waals surface area contributed by atoms with Gasteiger partial charge in [-0.1, -0.05) is 48.5 Å². The van der Waals surface area contributed by atoms with E-state index in [2.05, 4.69) is 59.3 Å². The van der Waals surface area contributed by atoms with Gasteiger partial charge in [0.15, 0.2) is 0 Å². The lowest BCUT2D eigenvalue weighted by Crippen LogP contribution is -2.38. The van der Waals surface area contributed by atoms with Gasteiger partial charge in [0.25, 0.3) is 0 Å². The second-order valence-electron chi connectivity index (χ2n) is 8.55. The fourth-order valence-corrected chi connectivity index (χ4v) is 3.89. The van der Waals surface area contributed by atoms with Crippen molar-refractivity contribution in [2.75, 3.05) is 0 Å². The highest BCUT2D eigenvalue weighted by atomic mass is 32.1. The van der Waals surface area contributed by atoms with E-state index in [0.717, 1.165) is 12.8 Å². The van der Waals surface area contributed by atoms with Crippen molar-refractivity contribution < 1.29 is 0 Å². The van der Waals surface area contributed by atoms with Crippen LogP contribution in [-0.2, 0) is 11.8 Å². The third-order valence-corrected chi connectivity index (χ3v) is 4.50. The summed E-state index contributed by atoms with van der Waals surface area (Å²) in [5.74, 6) is 6.41. The van der Waals surface area contributed by atoms with Gasteiger partial charge < -0.3 is 0 Å². The molecule has 0 aliphatic rings.